The van der Waals surface area contributed by atoms with Crippen molar-refractivity contribution in [3.05, 3.63) is 125 Å². The molecule has 0 aliphatic carbocycles. The van der Waals surface area contributed by atoms with E-state index < -0.39 is 35.9 Å². The Morgan fingerprint density at radius 1 is 0.847 bits per heavy atom. The van der Waals surface area contributed by atoms with Crippen molar-refractivity contribution >= 4 is 23.4 Å². The number of halogens is 3. The number of rotatable bonds is 10. The first-order valence-corrected chi connectivity index (χ1v) is 20.2. The van der Waals surface area contributed by atoms with Crippen LogP contribution in [0.1, 0.15) is 66.8 Å². The fourth-order valence-electron chi connectivity index (χ4n) is 8.94. The highest BCUT2D eigenvalue weighted by molar-refractivity contribution is 5.93. The number of piperidine rings is 1. The molecule has 0 saturated carbocycles. The number of alkyl halides is 3. The predicted molar refractivity (Wildman–Crippen MR) is 213 cm³/mol. The maximum Gasteiger partial charge on any atom is 0.471 e. The average Bonchev–Trinajstić information content (AvgIpc) is 3.88. The van der Waals surface area contributed by atoms with Crippen molar-refractivity contribution in [1.82, 2.24) is 20.4 Å². The lowest BCUT2D eigenvalue weighted by atomic mass is 9.85. The fourth-order valence-corrected chi connectivity index (χ4v) is 8.94. The van der Waals surface area contributed by atoms with Crippen LogP contribution in [0.15, 0.2) is 103 Å². The molecule has 4 aromatic carbocycles. The third-order valence-electron chi connectivity index (χ3n) is 12.1. The molecule has 4 saturated heterocycles. The monoisotopic (exact) mass is 811 g/mol. The molecule has 14 heteroatoms. The maximum absolute atomic E-state index is 13.3. The molecule has 8 rings (SSSR count). The number of para-hydroxylation sites is 1. The van der Waals surface area contributed by atoms with E-state index in [1.165, 1.54) is 0 Å². The summed E-state index contributed by atoms with van der Waals surface area (Å²) in [5, 5.41) is 15.5. The SMILES string of the molecule is O=C(NCc1cccc(-c2cccc([C@H]3O[C@@H](CN4CCC5(CC4)C(=O)NCN5c4ccccc4)C[C@@H](c4ccc(CO)cc4)O3)c2)c1)[C@@H]1CCCN1C(=O)C(F)(F)F. The van der Waals surface area contributed by atoms with Gasteiger partial charge in [0.1, 0.15) is 11.6 Å². The average molecular weight is 812 g/mol. The highest BCUT2D eigenvalue weighted by Gasteiger charge is 2.51. The lowest BCUT2D eigenvalue weighted by Crippen LogP contribution is -2.57. The molecule has 4 aliphatic heterocycles. The Balaban J connectivity index is 0.961. The van der Waals surface area contributed by atoms with Crippen molar-refractivity contribution in [3.63, 3.8) is 0 Å². The summed E-state index contributed by atoms with van der Waals surface area (Å²) in [6, 6.07) is 32.1. The van der Waals surface area contributed by atoms with Gasteiger partial charge in [0.2, 0.25) is 11.8 Å². The molecule has 0 bridgehead atoms. The second-order valence-electron chi connectivity index (χ2n) is 15.8. The molecule has 0 unspecified atom stereocenters. The van der Waals surface area contributed by atoms with Crippen LogP contribution < -0.4 is 15.5 Å². The fraction of sp³-hybridized carbons (Fsp3) is 0.400. The molecule has 59 heavy (non-hydrogen) atoms. The number of aliphatic hydroxyl groups is 1. The Morgan fingerprint density at radius 2 is 1.58 bits per heavy atom. The number of carbonyl (C=O) groups is 3. The van der Waals surface area contributed by atoms with Crippen LogP contribution in [0.3, 0.4) is 0 Å². The number of hydrogen-bond donors (Lipinski definition) is 3. The number of nitrogens with one attached hydrogen (secondary N) is 2. The van der Waals surface area contributed by atoms with Gasteiger partial charge in [0.25, 0.3) is 0 Å². The summed E-state index contributed by atoms with van der Waals surface area (Å²) in [5.41, 5.74) is 5.53. The maximum atomic E-state index is 13.3. The van der Waals surface area contributed by atoms with Crippen LogP contribution in [0.5, 0.6) is 0 Å². The first kappa shape index (κ1) is 40.5. The summed E-state index contributed by atoms with van der Waals surface area (Å²) in [6.07, 6.45) is -3.72. The summed E-state index contributed by atoms with van der Waals surface area (Å²) >= 11 is 0. The molecule has 1 spiro atoms. The van der Waals surface area contributed by atoms with Gasteiger partial charge in [-0.25, -0.2) is 0 Å². The smallest absolute Gasteiger partial charge is 0.392 e. The van der Waals surface area contributed by atoms with Gasteiger partial charge in [0.05, 0.1) is 25.5 Å². The molecule has 11 nitrogen and oxygen atoms in total. The second kappa shape index (κ2) is 17.1. The number of benzene rings is 4. The molecular weight excluding hydrogens is 764 g/mol. The van der Waals surface area contributed by atoms with E-state index >= 15 is 0 Å². The van der Waals surface area contributed by atoms with E-state index in [2.05, 4.69) is 20.4 Å². The molecule has 4 heterocycles. The molecule has 0 radical (unpaired) electrons. The topological polar surface area (TPSA) is 124 Å². The van der Waals surface area contributed by atoms with E-state index in [1.807, 2.05) is 103 Å². The van der Waals surface area contributed by atoms with E-state index in [-0.39, 0.29) is 44.2 Å². The zero-order valence-corrected chi connectivity index (χ0v) is 32.6. The van der Waals surface area contributed by atoms with Crippen LogP contribution >= 0.6 is 0 Å². The van der Waals surface area contributed by atoms with Crippen LogP contribution in [0.4, 0.5) is 18.9 Å². The van der Waals surface area contributed by atoms with Crippen LogP contribution in [0, 0.1) is 0 Å². The molecule has 4 fully saturated rings. The summed E-state index contributed by atoms with van der Waals surface area (Å²) in [4.78, 5) is 43.4. The van der Waals surface area contributed by atoms with Gasteiger partial charge in [0, 0.05) is 50.4 Å². The number of nitrogens with zero attached hydrogens (tertiary/aromatic N) is 3. The Labute approximate surface area is 341 Å². The standard InChI is InChI=1S/C45H48F3N5O6/c46-45(47,48)43(57)52-20-6-13-38(52)40(55)49-26-31-7-4-8-33(23-31)34-9-5-10-35(24-34)41-58-37(25-39(59-41)32-16-14-30(28-54)15-17-32)27-51-21-18-44(19-22-51)42(56)50-29-53(44)36-11-2-1-3-12-36/h1-5,7-12,14-17,23-24,37-39,41,54H,6,13,18-22,25-29H2,(H,49,55)(H,50,56)/t37-,38+,39+,41+/m1/s1. The van der Waals surface area contributed by atoms with Crippen LogP contribution in [0.25, 0.3) is 11.1 Å². The van der Waals surface area contributed by atoms with E-state index in [9.17, 15) is 32.7 Å². The molecule has 4 aliphatic rings. The van der Waals surface area contributed by atoms with Crippen molar-refractivity contribution in [2.45, 2.75) is 81.5 Å². The summed E-state index contributed by atoms with van der Waals surface area (Å²) in [6.45, 7) is 2.52. The Kier molecular flexibility index (Phi) is 11.8. The zero-order chi connectivity index (χ0) is 41.1. The molecule has 3 N–H and O–H groups in total. The van der Waals surface area contributed by atoms with Gasteiger partial charge in [-0.2, -0.15) is 13.2 Å². The largest absolute Gasteiger partial charge is 0.471 e. The minimum Gasteiger partial charge on any atom is -0.392 e. The van der Waals surface area contributed by atoms with Crippen molar-refractivity contribution in [1.29, 1.82) is 0 Å². The van der Waals surface area contributed by atoms with E-state index in [0.717, 1.165) is 52.2 Å². The number of hydrogen-bond acceptors (Lipinski definition) is 8. The molecule has 0 aromatic heterocycles. The molecule has 3 amide bonds. The second-order valence-corrected chi connectivity index (χ2v) is 15.8. The minimum absolute atomic E-state index is 0.0568. The van der Waals surface area contributed by atoms with E-state index in [4.69, 9.17) is 9.47 Å². The van der Waals surface area contributed by atoms with Crippen molar-refractivity contribution < 1.29 is 42.1 Å². The van der Waals surface area contributed by atoms with Crippen LogP contribution in [-0.4, -0.2) is 89.3 Å². The first-order chi connectivity index (χ1) is 28.5. The Bertz CT molecular complexity index is 2130. The van der Waals surface area contributed by atoms with Gasteiger partial charge in [-0.15, -0.1) is 0 Å². The van der Waals surface area contributed by atoms with Crippen molar-refractivity contribution in [3.8, 4) is 11.1 Å². The van der Waals surface area contributed by atoms with Crippen LogP contribution in [0.2, 0.25) is 0 Å². The molecule has 4 aromatic rings. The highest BCUT2D eigenvalue weighted by Crippen LogP contribution is 2.41. The van der Waals surface area contributed by atoms with Crippen LogP contribution in [-0.2, 0) is 37.0 Å². The summed E-state index contributed by atoms with van der Waals surface area (Å²) in [7, 11) is 0. The lowest BCUT2D eigenvalue weighted by Gasteiger charge is -2.45. The van der Waals surface area contributed by atoms with Gasteiger partial charge in [-0.05, 0) is 77.8 Å². The van der Waals surface area contributed by atoms with Crippen molar-refractivity contribution in [2.75, 3.05) is 37.7 Å². The zero-order valence-electron chi connectivity index (χ0n) is 32.6. The normalized spacial score (nSPS) is 23.4. The lowest BCUT2D eigenvalue weighted by molar-refractivity contribution is -0.253. The highest BCUT2D eigenvalue weighted by atomic mass is 19.4. The van der Waals surface area contributed by atoms with E-state index in [1.54, 1.807) is 0 Å². The van der Waals surface area contributed by atoms with Gasteiger partial charge in [-0.1, -0.05) is 78.9 Å². The van der Waals surface area contributed by atoms with Gasteiger partial charge in [-0.3, -0.25) is 14.4 Å². The third kappa shape index (κ3) is 8.72. The van der Waals surface area contributed by atoms with Gasteiger partial charge < -0.3 is 39.9 Å². The summed E-state index contributed by atoms with van der Waals surface area (Å²) < 4.78 is 52.8. The Morgan fingerprint density at radius 3 is 2.31 bits per heavy atom. The first-order valence-electron chi connectivity index (χ1n) is 20.2. The number of likely N-dealkylation sites (tertiary alicyclic amines) is 2. The Hall–Kier alpha value is -5.28. The molecule has 4 atom stereocenters. The number of amides is 3. The minimum atomic E-state index is -5.04. The predicted octanol–water partition coefficient (Wildman–Crippen LogP) is 5.99. The quantitative estimate of drug-likeness (QED) is 0.179. The third-order valence-corrected chi connectivity index (χ3v) is 12.1. The van der Waals surface area contributed by atoms with Gasteiger partial charge >= 0.3 is 12.1 Å². The number of carbonyl (C=O) groups excluding carboxylic acids is 3. The summed E-state index contributed by atoms with van der Waals surface area (Å²) in [5.74, 6) is -2.53. The number of aliphatic hydroxyl groups excluding tert-OH is 1. The van der Waals surface area contributed by atoms with Gasteiger partial charge in [0.15, 0.2) is 6.29 Å². The molecular formula is C45H48F3N5O6. The number of anilines is 1. The van der Waals surface area contributed by atoms with Crippen molar-refractivity contribution in [2.24, 2.45) is 0 Å². The number of ether oxygens (including phenoxy) is 2. The molecule has 310 valence electrons. The van der Waals surface area contributed by atoms with E-state index in [0.29, 0.717) is 43.8 Å².